The third kappa shape index (κ3) is 19.8. The zero-order valence-corrected chi connectivity index (χ0v) is 14.3. The minimum Gasteiger partial charge on any atom is -0.394 e. The van der Waals surface area contributed by atoms with Gasteiger partial charge in [-0.1, -0.05) is 0 Å². The molecule has 6 nitrogen and oxygen atoms in total. The van der Waals surface area contributed by atoms with Gasteiger partial charge in [-0.25, -0.2) is 0 Å². The van der Waals surface area contributed by atoms with Crippen molar-refractivity contribution < 1.29 is 29.5 Å². The molecule has 4 unspecified atom stereocenters. The number of hydrogen-bond acceptors (Lipinski definition) is 6. The standard InChI is InChI=1S/C9H20O3.C6H14O3/c1-7(2)12-9(4)6-11-8(3)5-10;1-5(8)4-9-6(2)3-7/h7-10H,5-6H2,1-4H3;5-8H,3-4H2,1-2H3. The molecule has 6 heteroatoms. The smallest absolute Gasteiger partial charge is 0.0784 e. The second-order valence-corrected chi connectivity index (χ2v) is 5.50. The lowest BCUT2D eigenvalue weighted by atomic mass is 10.4. The summed E-state index contributed by atoms with van der Waals surface area (Å²) < 4.78 is 15.7. The van der Waals surface area contributed by atoms with Crippen LogP contribution in [0.2, 0.25) is 0 Å². The van der Waals surface area contributed by atoms with Crippen molar-refractivity contribution in [3.8, 4) is 0 Å². The lowest BCUT2D eigenvalue weighted by Gasteiger charge is -2.18. The van der Waals surface area contributed by atoms with Crippen LogP contribution >= 0.6 is 0 Å². The van der Waals surface area contributed by atoms with E-state index in [1.165, 1.54) is 0 Å². The Labute approximate surface area is 129 Å². The molecule has 0 aliphatic rings. The molecule has 0 rings (SSSR count). The maximum absolute atomic E-state index is 8.69. The fourth-order valence-corrected chi connectivity index (χ4v) is 1.21. The highest BCUT2D eigenvalue weighted by Gasteiger charge is 2.07. The Kier molecular flexibility index (Phi) is 16.1. The van der Waals surface area contributed by atoms with Crippen molar-refractivity contribution in [2.75, 3.05) is 26.4 Å². The monoisotopic (exact) mass is 310 g/mol. The molecule has 0 aromatic rings. The Hall–Kier alpha value is -0.240. The van der Waals surface area contributed by atoms with Crippen molar-refractivity contribution in [2.45, 2.75) is 72.1 Å². The van der Waals surface area contributed by atoms with E-state index >= 15 is 0 Å². The van der Waals surface area contributed by atoms with E-state index in [0.717, 1.165) is 0 Å². The van der Waals surface area contributed by atoms with Crippen LogP contribution in [0.3, 0.4) is 0 Å². The first-order chi connectivity index (χ1) is 9.72. The lowest BCUT2D eigenvalue weighted by molar-refractivity contribution is -0.0631. The molecule has 0 amide bonds. The van der Waals surface area contributed by atoms with Crippen molar-refractivity contribution in [1.82, 2.24) is 0 Å². The molecule has 0 spiro atoms. The Morgan fingerprint density at radius 2 is 1.14 bits per heavy atom. The van der Waals surface area contributed by atoms with E-state index in [1.54, 1.807) is 13.8 Å². The van der Waals surface area contributed by atoms with Gasteiger partial charge in [-0.2, -0.15) is 0 Å². The Balaban J connectivity index is 0. The van der Waals surface area contributed by atoms with E-state index in [9.17, 15) is 0 Å². The van der Waals surface area contributed by atoms with Crippen LogP contribution < -0.4 is 0 Å². The molecule has 0 aromatic carbocycles. The third-order valence-electron chi connectivity index (χ3n) is 2.26. The molecule has 0 saturated carbocycles. The van der Waals surface area contributed by atoms with Gasteiger partial charge in [0.25, 0.3) is 0 Å². The quantitative estimate of drug-likeness (QED) is 0.557. The first-order valence-electron chi connectivity index (χ1n) is 7.51. The van der Waals surface area contributed by atoms with Gasteiger partial charge in [0.2, 0.25) is 0 Å². The van der Waals surface area contributed by atoms with Crippen molar-refractivity contribution in [3.63, 3.8) is 0 Å². The minimum atomic E-state index is -0.445. The van der Waals surface area contributed by atoms with Gasteiger partial charge in [0.05, 0.1) is 56.9 Å². The average Bonchev–Trinajstić information content (AvgIpc) is 2.41. The molecular weight excluding hydrogens is 276 g/mol. The average molecular weight is 310 g/mol. The van der Waals surface area contributed by atoms with Crippen LogP contribution in [-0.4, -0.2) is 72.3 Å². The van der Waals surface area contributed by atoms with Gasteiger partial charge in [0, 0.05) is 0 Å². The Morgan fingerprint density at radius 1 is 0.714 bits per heavy atom. The molecule has 0 bridgehead atoms. The Bertz CT molecular complexity index is 210. The molecule has 0 aliphatic carbocycles. The summed E-state index contributed by atoms with van der Waals surface area (Å²) in [5.41, 5.74) is 0. The minimum absolute atomic E-state index is 0.00667. The maximum Gasteiger partial charge on any atom is 0.0784 e. The molecule has 0 radical (unpaired) electrons. The van der Waals surface area contributed by atoms with Crippen LogP contribution in [0.15, 0.2) is 0 Å². The molecule has 21 heavy (non-hydrogen) atoms. The molecule has 3 N–H and O–H groups in total. The fourth-order valence-electron chi connectivity index (χ4n) is 1.21. The summed E-state index contributed by atoms with van der Waals surface area (Å²) in [7, 11) is 0. The number of hydrogen-bond donors (Lipinski definition) is 3. The van der Waals surface area contributed by atoms with Gasteiger partial charge < -0.3 is 29.5 Å². The summed E-state index contributed by atoms with van der Waals surface area (Å²) in [4.78, 5) is 0. The van der Waals surface area contributed by atoms with E-state index in [0.29, 0.717) is 13.2 Å². The lowest BCUT2D eigenvalue weighted by Crippen LogP contribution is -2.24. The van der Waals surface area contributed by atoms with E-state index in [-0.39, 0.29) is 37.6 Å². The second-order valence-electron chi connectivity index (χ2n) is 5.50. The zero-order valence-electron chi connectivity index (χ0n) is 14.3. The van der Waals surface area contributed by atoms with Crippen LogP contribution in [0.5, 0.6) is 0 Å². The van der Waals surface area contributed by atoms with Crippen molar-refractivity contribution >= 4 is 0 Å². The van der Waals surface area contributed by atoms with Crippen molar-refractivity contribution in [2.24, 2.45) is 0 Å². The maximum atomic E-state index is 8.69. The fraction of sp³-hybridized carbons (Fsp3) is 1.00. The molecule has 0 fully saturated rings. The van der Waals surface area contributed by atoms with E-state index in [4.69, 9.17) is 29.5 Å². The molecule has 0 heterocycles. The summed E-state index contributed by atoms with van der Waals surface area (Å²) in [5, 5.41) is 25.8. The van der Waals surface area contributed by atoms with Crippen LogP contribution in [0.25, 0.3) is 0 Å². The van der Waals surface area contributed by atoms with Gasteiger partial charge in [-0.15, -0.1) is 0 Å². The van der Waals surface area contributed by atoms with Gasteiger partial charge >= 0.3 is 0 Å². The topological polar surface area (TPSA) is 88.4 Å². The number of aliphatic hydroxyl groups is 3. The SMILES string of the molecule is CC(C)OC(C)COC(C)CO.CC(O)COC(C)CO. The van der Waals surface area contributed by atoms with Crippen molar-refractivity contribution in [1.29, 1.82) is 0 Å². The highest BCUT2D eigenvalue weighted by Crippen LogP contribution is 1.99. The molecule has 0 aromatic heterocycles. The highest BCUT2D eigenvalue weighted by atomic mass is 16.5. The van der Waals surface area contributed by atoms with Crippen LogP contribution in [0.1, 0.15) is 41.5 Å². The summed E-state index contributed by atoms with van der Waals surface area (Å²) in [6.07, 6.45) is -0.381. The molecule has 130 valence electrons. The first-order valence-corrected chi connectivity index (χ1v) is 7.51. The van der Waals surface area contributed by atoms with Gasteiger partial charge in [0.1, 0.15) is 0 Å². The molecular formula is C15H34O6. The largest absolute Gasteiger partial charge is 0.394 e. The number of rotatable bonds is 10. The molecule has 4 atom stereocenters. The van der Waals surface area contributed by atoms with E-state index in [1.807, 2.05) is 27.7 Å². The van der Waals surface area contributed by atoms with E-state index in [2.05, 4.69) is 0 Å². The van der Waals surface area contributed by atoms with Crippen LogP contribution in [0.4, 0.5) is 0 Å². The van der Waals surface area contributed by atoms with E-state index < -0.39 is 6.10 Å². The highest BCUT2D eigenvalue weighted by molar-refractivity contribution is 4.52. The normalized spacial score (nSPS) is 16.9. The van der Waals surface area contributed by atoms with Gasteiger partial charge in [-0.05, 0) is 41.5 Å². The Morgan fingerprint density at radius 3 is 1.48 bits per heavy atom. The van der Waals surface area contributed by atoms with Gasteiger partial charge in [0.15, 0.2) is 0 Å². The van der Waals surface area contributed by atoms with Crippen LogP contribution in [-0.2, 0) is 14.2 Å². The third-order valence-corrected chi connectivity index (χ3v) is 2.26. The number of ether oxygens (including phenoxy) is 3. The van der Waals surface area contributed by atoms with Crippen LogP contribution in [0, 0.1) is 0 Å². The number of aliphatic hydroxyl groups excluding tert-OH is 3. The van der Waals surface area contributed by atoms with Crippen molar-refractivity contribution in [3.05, 3.63) is 0 Å². The summed E-state index contributed by atoms with van der Waals surface area (Å²) in [5.74, 6) is 0. The predicted octanol–water partition coefficient (Wildman–Crippen LogP) is 0.962. The first kappa shape index (κ1) is 23.0. The summed E-state index contributed by atoms with van der Waals surface area (Å²) >= 11 is 0. The van der Waals surface area contributed by atoms with Gasteiger partial charge in [-0.3, -0.25) is 0 Å². The second kappa shape index (κ2) is 14.7. The summed E-state index contributed by atoms with van der Waals surface area (Å²) in [6.45, 7) is 12.1. The predicted molar refractivity (Wildman–Crippen MR) is 82.4 cm³/mol. The molecule has 0 aliphatic heterocycles. The summed E-state index contributed by atoms with van der Waals surface area (Å²) in [6, 6.07) is 0. The zero-order chi connectivity index (χ0) is 16.8. The molecule has 0 saturated heterocycles.